The SMILES string of the molecule is Cc1cc(SOC(F)(F)F)cc(Cl)c1C. The Labute approximate surface area is 94.8 Å². The van der Waals surface area contributed by atoms with Crippen molar-refractivity contribution in [2.75, 3.05) is 0 Å². The molecule has 15 heavy (non-hydrogen) atoms. The van der Waals surface area contributed by atoms with Gasteiger partial charge in [-0.3, -0.25) is 0 Å². The molecule has 0 bridgehead atoms. The van der Waals surface area contributed by atoms with Crippen LogP contribution in [0.25, 0.3) is 0 Å². The summed E-state index contributed by atoms with van der Waals surface area (Å²) in [4.78, 5) is 0.334. The van der Waals surface area contributed by atoms with Gasteiger partial charge in [-0.15, -0.1) is 13.2 Å². The van der Waals surface area contributed by atoms with Crippen molar-refractivity contribution in [2.24, 2.45) is 0 Å². The molecule has 0 heterocycles. The zero-order chi connectivity index (χ0) is 11.6. The van der Waals surface area contributed by atoms with Crippen LogP contribution < -0.4 is 0 Å². The van der Waals surface area contributed by atoms with Crippen molar-refractivity contribution in [1.29, 1.82) is 0 Å². The van der Waals surface area contributed by atoms with E-state index in [0.717, 1.165) is 11.1 Å². The predicted octanol–water partition coefficient (Wildman–Crippen LogP) is 4.50. The third-order valence-corrected chi connectivity index (χ3v) is 2.90. The largest absolute Gasteiger partial charge is 0.533 e. The minimum Gasteiger partial charge on any atom is -0.215 e. The van der Waals surface area contributed by atoms with Crippen LogP contribution in [0.3, 0.4) is 0 Å². The molecule has 1 aromatic carbocycles. The molecule has 0 unspecified atom stereocenters. The topological polar surface area (TPSA) is 9.23 Å². The lowest BCUT2D eigenvalue weighted by Gasteiger charge is -2.08. The second kappa shape index (κ2) is 4.63. The Morgan fingerprint density at radius 2 is 1.87 bits per heavy atom. The van der Waals surface area contributed by atoms with E-state index in [9.17, 15) is 13.2 Å². The molecular weight excluding hydrogens is 249 g/mol. The maximum atomic E-state index is 11.7. The van der Waals surface area contributed by atoms with Gasteiger partial charge >= 0.3 is 6.36 Å². The van der Waals surface area contributed by atoms with Crippen LogP contribution in [0.15, 0.2) is 17.0 Å². The normalized spacial score (nSPS) is 11.9. The molecule has 0 aliphatic heterocycles. The fourth-order valence-corrected chi connectivity index (χ4v) is 1.84. The average molecular weight is 257 g/mol. The molecule has 0 atom stereocenters. The minimum absolute atomic E-state index is 0.255. The van der Waals surface area contributed by atoms with Gasteiger partial charge in [0.1, 0.15) is 0 Å². The molecule has 0 aromatic heterocycles. The quantitative estimate of drug-likeness (QED) is 0.721. The Kier molecular flexibility index (Phi) is 3.92. The van der Waals surface area contributed by atoms with Crippen molar-refractivity contribution in [2.45, 2.75) is 25.1 Å². The zero-order valence-electron chi connectivity index (χ0n) is 7.98. The molecule has 0 aliphatic rings. The summed E-state index contributed by atoms with van der Waals surface area (Å²) in [5.74, 6) is 0. The first kappa shape index (κ1) is 12.7. The third-order valence-electron chi connectivity index (χ3n) is 1.81. The lowest BCUT2D eigenvalue weighted by molar-refractivity contribution is -0.266. The van der Waals surface area contributed by atoms with E-state index in [-0.39, 0.29) is 12.0 Å². The van der Waals surface area contributed by atoms with Gasteiger partial charge in [0.25, 0.3) is 0 Å². The van der Waals surface area contributed by atoms with Crippen LogP contribution in [0, 0.1) is 13.8 Å². The molecule has 0 saturated heterocycles. The van der Waals surface area contributed by atoms with Crippen LogP contribution in [-0.4, -0.2) is 6.36 Å². The zero-order valence-corrected chi connectivity index (χ0v) is 9.56. The van der Waals surface area contributed by atoms with Gasteiger partial charge < -0.3 is 0 Å². The van der Waals surface area contributed by atoms with E-state index in [1.165, 1.54) is 6.07 Å². The van der Waals surface area contributed by atoms with Gasteiger partial charge in [0.05, 0.1) is 0 Å². The summed E-state index contributed by atoms with van der Waals surface area (Å²) in [5, 5.41) is 0.434. The van der Waals surface area contributed by atoms with Gasteiger partial charge in [-0.05, 0) is 37.1 Å². The van der Waals surface area contributed by atoms with Crippen LogP contribution in [0.2, 0.25) is 5.02 Å². The highest BCUT2D eigenvalue weighted by Crippen LogP contribution is 2.32. The molecule has 1 aromatic rings. The van der Waals surface area contributed by atoms with Crippen LogP contribution in [0.4, 0.5) is 13.2 Å². The van der Waals surface area contributed by atoms with Gasteiger partial charge in [-0.1, -0.05) is 11.6 Å². The number of aryl methyl sites for hydroxylation is 1. The van der Waals surface area contributed by atoms with E-state index >= 15 is 0 Å². The predicted molar refractivity (Wildman–Crippen MR) is 53.9 cm³/mol. The number of hydrogen-bond donors (Lipinski definition) is 0. The summed E-state index contributed by atoms with van der Waals surface area (Å²) < 4.78 is 38.9. The Balaban J connectivity index is 2.80. The van der Waals surface area contributed by atoms with Gasteiger partial charge in [0.2, 0.25) is 0 Å². The number of rotatable bonds is 2. The fraction of sp³-hybridized carbons (Fsp3) is 0.333. The van der Waals surface area contributed by atoms with Gasteiger partial charge in [0.15, 0.2) is 0 Å². The smallest absolute Gasteiger partial charge is 0.215 e. The molecule has 0 fully saturated rings. The Morgan fingerprint density at radius 1 is 1.27 bits per heavy atom. The van der Waals surface area contributed by atoms with Crippen molar-refractivity contribution in [3.63, 3.8) is 0 Å². The first-order chi connectivity index (χ1) is 6.79. The standard InChI is InChI=1S/C9H8ClF3OS/c1-5-3-7(4-8(10)6(5)2)15-14-9(11,12)13/h3-4H,1-2H3. The number of benzene rings is 1. The molecule has 1 nitrogen and oxygen atoms in total. The molecule has 1 rings (SSSR count). The summed E-state index contributed by atoms with van der Waals surface area (Å²) in [7, 11) is 0. The van der Waals surface area contributed by atoms with Crippen LogP contribution in [-0.2, 0) is 4.18 Å². The molecule has 0 aliphatic carbocycles. The number of hydrogen-bond acceptors (Lipinski definition) is 2. The molecule has 0 amide bonds. The van der Waals surface area contributed by atoms with Crippen molar-refractivity contribution in [1.82, 2.24) is 0 Å². The number of alkyl halides is 3. The second-order valence-corrected chi connectivity index (χ2v) is 4.17. The third kappa shape index (κ3) is 3.93. The minimum atomic E-state index is -4.64. The highest BCUT2D eigenvalue weighted by Gasteiger charge is 2.30. The second-order valence-electron chi connectivity index (χ2n) is 2.96. The molecular formula is C9H8ClF3OS. The Morgan fingerprint density at radius 3 is 2.33 bits per heavy atom. The monoisotopic (exact) mass is 256 g/mol. The summed E-state index contributed by atoms with van der Waals surface area (Å²) in [6, 6.07) is 3.04. The molecule has 84 valence electrons. The van der Waals surface area contributed by atoms with E-state index in [4.69, 9.17) is 11.6 Å². The summed E-state index contributed by atoms with van der Waals surface area (Å²) >= 11 is 6.07. The van der Waals surface area contributed by atoms with Crippen LogP contribution in [0.1, 0.15) is 11.1 Å². The van der Waals surface area contributed by atoms with Crippen molar-refractivity contribution in [3.8, 4) is 0 Å². The maximum Gasteiger partial charge on any atom is 0.533 e. The molecule has 6 heteroatoms. The van der Waals surface area contributed by atoms with Crippen molar-refractivity contribution < 1.29 is 17.4 Å². The van der Waals surface area contributed by atoms with E-state index in [1.807, 2.05) is 0 Å². The maximum absolute atomic E-state index is 11.7. The first-order valence-electron chi connectivity index (χ1n) is 3.99. The van der Waals surface area contributed by atoms with E-state index in [2.05, 4.69) is 4.18 Å². The van der Waals surface area contributed by atoms with Gasteiger partial charge in [-0.25, -0.2) is 4.18 Å². The highest BCUT2D eigenvalue weighted by molar-refractivity contribution is 7.94. The molecule has 0 spiro atoms. The first-order valence-corrected chi connectivity index (χ1v) is 5.11. The Bertz CT molecular complexity index is 342. The van der Waals surface area contributed by atoms with E-state index in [1.54, 1.807) is 19.9 Å². The summed E-state index contributed by atoms with van der Waals surface area (Å²) in [5.41, 5.74) is 1.68. The lowest BCUT2D eigenvalue weighted by atomic mass is 10.1. The number of halogens is 4. The van der Waals surface area contributed by atoms with Gasteiger partial charge in [0, 0.05) is 22.0 Å². The molecule has 0 radical (unpaired) electrons. The lowest BCUT2D eigenvalue weighted by Crippen LogP contribution is -2.07. The van der Waals surface area contributed by atoms with E-state index < -0.39 is 6.36 Å². The summed E-state index contributed by atoms with van der Waals surface area (Å²) in [6.07, 6.45) is -4.64. The van der Waals surface area contributed by atoms with Gasteiger partial charge in [-0.2, -0.15) is 0 Å². The molecule has 0 saturated carbocycles. The van der Waals surface area contributed by atoms with Crippen molar-refractivity contribution >= 4 is 23.6 Å². The molecule has 0 N–H and O–H groups in total. The van der Waals surface area contributed by atoms with E-state index in [0.29, 0.717) is 9.92 Å². The average Bonchev–Trinajstić information content (AvgIpc) is 2.09. The van der Waals surface area contributed by atoms with Crippen molar-refractivity contribution in [3.05, 3.63) is 28.3 Å². The summed E-state index contributed by atoms with van der Waals surface area (Å²) in [6.45, 7) is 3.58. The van der Waals surface area contributed by atoms with Crippen LogP contribution >= 0.6 is 23.6 Å². The fourth-order valence-electron chi connectivity index (χ4n) is 0.928. The van der Waals surface area contributed by atoms with Crippen LogP contribution in [0.5, 0.6) is 0 Å². The Hall–Kier alpha value is -0.390. The highest BCUT2D eigenvalue weighted by atomic mass is 35.5.